The van der Waals surface area contributed by atoms with E-state index in [0.29, 0.717) is 0 Å². The summed E-state index contributed by atoms with van der Waals surface area (Å²) in [6, 6.07) is 20.1. The minimum atomic E-state index is -2.53. The Hall–Kier alpha value is -2.12. The van der Waals surface area contributed by atoms with Crippen molar-refractivity contribution >= 4 is 17.8 Å². The van der Waals surface area contributed by atoms with Gasteiger partial charge < -0.3 is 4.57 Å². The van der Waals surface area contributed by atoms with E-state index >= 15 is 0 Å². The molecule has 29 heavy (non-hydrogen) atoms. The van der Waals surface area contributed by atoms with E-state index in [1.54, 1.807) is 0 Å². The molecule has 0 atom stereocenters. The summed E-state index contributed by atoms with van der Waals surface area (Å²) < 4.78 is 18.4. The van der Waals surface area contributed by atoms with Gasteiger partial charge in [0.1, 0.15) is 19.5 Å². The molecule has 0 unspecified atom stereocenters. The van der Waals surface area contributed by atoms with Crippen molar-refractivity contribution in [1.29, 1.82) is 0 Å². The number of rotatable bonds is 11. The van der Waals surface area contributed by atoms with Crippen molar-refractivity contribution in [2.75, 3.05) is 6.16 Å². The number of aryl methyl sites for hydroxylation is 2. The molecule has 0 aliphatic heterocycles. The Kier molecular flexibility index (Phi) is 7.89. The van der Waals surface area contributed by atoms with Crippen LogP contribution in [0, 0.1) is 6.92 Å². The van der Waals surface area contributed by atoms with Gasteiger partial charge in [-0.25, -0.2) is 9.13 Å². The van der Waals surface area contributed by atoms with E-state index in [9.17, 15) is 4.57 Å². The summed E-state index contributed by atoms with van der Waals surface area (Å²) in [4.78, 5) is 0. The van der Waals surface area contributed by atoms with E-state index in [0.717, 1.165) is 36.2 Å². The van der Waals surface area contributed by atoms with E-state index in [4.69, 9.17) is 0 Å². The van der Waals surface area contributed by atoms with Gasteiger partial charge in [0.2, 0.25) is 0 Å². The molecule has 0 bridgehead atoms. The predicted molar refractivity (Wildman–Crippen MR) is 123 cm³/mol. The molecular formula is C25H34N2OP+. The average Bonchev–Trinajstić information content (AvgIpc) is 3.09. The van der Waals surface area contributed by atoms with Crippen LogP contribution in [0.5, 0.6) is 0 Å². The van der Waals surface area contributed by atoms with Crippen LogP contribution in [0.25, 0.3) is 0 Å². The fraction of sp³-hybridized carbons (Fsp3) is 0.400. The Morgan fingerprint density at radius 1 is 0.793 bits per heavy atom. The van der Waals surface area contributed by atoms with Crippen molar-refractivity contribution in [3.05, 3.63) is 78.9 Å². The molecule has 0 fully saturated rings. The molecule has 0 amide bonds. The first-order chi connectivity index (χ1) is 14.1. The topological polar surface area (TPSA) is 25.9 Å². The number of hydrogen-bond acceptors (Lipinski definition) is 1. The molecule has 3 rings (SSSR count). The Labute approximate surface area is 175 Å². The summed E-state index contributed by atoms with van der Waals surface area (Å²) in [6.45, 7) is 3.27. The van der Waals surface area contributed by atoms with E-state index in [1.165, 1.54) is 31.5 Å². The van der Waals surface area contributed by atoms with Crippen molar-refractivity contribution < 1.29 is 9.13 Å². The Morgan fingerprint density at radius 2 is 1.31 bits per heavy atom. The van der Waals surface area contributed by atoms with Crippen LogP contribution in [0.4, 0.5) is 0 Å². The number of unbranched alkanes of at least 4 members (excludes halogenated alkanes) is 5. The Bertz CT molecular complexity index is 875. The first-order valence-electron chi connectivity index (χ1n) is 10.8. The lowest BCUT2D eigenvalue weighted by Crippen LogP contribution is -2.29. The summed E-state index contributed by atoms with van der Waals surface area (Å²) in [7, 11) is -0.442. The monoisotopic (exact) mass is 409 g/mol. The van der Waals surface area contributed by atoms with Gasteiger partial charge in [-0.2, -0.15) is 0 Å². The van der Waals surface area contributed by atoms with Crippen molar-refractivity contribution in [2.24, 2.45) is 7.05 Å². The quantitative estimate of drug-likeness (QED) is 0.249. The molecule has 3 nitrogen and oxygen atoms in total. The van der Waals surface area contributed by atoms with Crippen LogP contribution >= 0.6 is 7.14 Å². The molecule has 0 N–H and O–H groups in total. The Morgan fingerprint density at radius 3 is 1.83 bits per heavy atom. The smallest absolute Gasteiger partial charge is 0.253 e. The number of benzene rings is 2. The van der Waals surface area contributed by atoms with Crippen LogP contribution in [-0.2, 0) is 18.2 Å². The normalized spacial score (nSPS) is 11.7. The van der Waals surface area contributed by atoms with Crippen molar-refractivity contribution in [3.8, 4) is 0 Å². The standard InChI is InChI=1S/C25H34N2OP/c1-23-26(2)20-21-27(23)19-13-5-3-4-6-14-22-29(28,24-15-9-7-10-16-24)25-17-11-8-12-18-25/h7-12,15-18,20-21H,3-6,13-14,19,22H2,1-2H3/q+1. The van der Waals surface area contributed by atoms with E-state index in [2.05, 4.69) is 35.5 Å². The second-order valence-electron chi connectivity index (χ2n) is 7.91. The first kappa shape index (κ1) is 21.6. The Balaban J connectivity index is 1.44. The molecule has 1 heterocycles. The number of hydrogen-bond donors (Lipinski definition) is 0. The van der Waals surface area contributed by atoms with Crippen LogP contribution in [-0.4, -0.2) is 10.7 Å². The fourth-order valence-electron chi connectivity index (χ4n) is 3.90. The zero-order valence-electron chi connectivity index (χ0n) is 17.8. The van der Waals surface area contributed by atoms with E-state index < -0.39 is 7.14 Å². The second kappa shape index (κ2) is 10.6. The van der Waals surface area contributed by atoms with Crippen LogP contribution < -0.4 is 15.2 Å². The highest BCUT2D eigenvalue weighted by atomic mass is 31.2. The van der Waals surface area contributed by atoms with Gasteiger partial charge in [0, 0.05) is 23.7 Å². The molecule has 2 aromatic carbocycles. The van der Waals surface area contributed by atoms with E-state index in [1.807, 2.05) is 60.7 Å². The maximum atomic E-state index is 13.9. The maximum Gasteiger partial charge on any atom is 0.253 e. The molecule has 154 valence electrons. The highest BCUT2D eigenvalue weighted by Gasteiger charge is 2.26. The third-order valence-electron chi connectivity index (χ3n) is 5.86. The van der Waals surface area contributed by atoms with Crippen molar-refractivity contribution in [1.82, 2.24) is 4.57 Å². The number of imidazole rings is 1. The summed E-state index contributed by atoms with van der Waals surface area (Å²) >= 11 is 0. The summed E-state index contributed by atoms with van der Waals surface area (Å²) in [6.07, 6.45) is 12.2. The molecule has 0 saturated heterocycles. The third-order valence-corrected chi connectivity index (χ3v) is 9.08. The highest BCUT2D eigenvalue weighted by molar-refractivity contribution is 7.78. The minimum absolute atomic E-state index is 0.764. The molecular weight excluding hydrogens is 375 g/mol. The molecule has 4 heteroatoms. The van der Waals surface area contributed by atoms with Crippen molar-refractivity contribution in [2.45, 2.75) is 52.0 Å². The summed E-state index contributed by atoms with van der Waals surface area (Å²) in [5.74, 6) is 1.31. The lowest BCUT2D eigenvalue weighted by Gasteiger charge is -2.19. The van der Waals surface area contributed by atoms with Crippen LogP contribution in [0.2, 0.25) is 0 Å². The van der Waals surface area contributed by atoms with Gasteiger partial charge in [-0.1, -0.05) is 79.9 Å². The zero-order chi connectivity index (χ0) is 20.5. The molecule has 0 aliphatic rings. The van der Waals surface area contributed by atoms with Gasteiger partial charge in [0.05, 0.1) is 13.6 Å². The molecule has 3 aromatic rings. The molecule has 0 spiro atoms. The molecule has 0 saturated carbocycles. The SMILES string of the molecule is Cc1n(CCCCCCCCP(=O)(c2ccccc2)c2ccccc2)cc[n+]1C. The lowest BCUT2D eigenvalue weighted by molar-refractivity contribution is -0.677. The molecule has 0 aliphatic carbocycles. The number of aromatic nitrogens is 2. The van der Waals surface area contributed by atoms with Gasteiger partial charge in [-0.3, -0.25) is 0 Å². The summed E-state index contributed by atoms with van der Waals surface area (Å²) in [5.41, 5.74) is 0. The van der Waals surface area contributed by atoms with Gasteiger partial charge in [-0.05, 0) is 19.3 Å². The van der Waals surface area contributed by atoms with Crippen molar-refractivity contribution in [3.63, 3.8) is 0 Å². The van der Waals surface area contributed by atoms with Gasteiger partial charge >= 0.3 is 0 Å². The second-order valence-corrected chi connectivity index (χ2v) is 10.9. The molecule has 1 aromatic heterocycles. The first-order valence-corrected chi connectivity index (χ1v) is 12.7. The zero-order valence-corrected chi connectivity index (χ0v) is 18.7. The fourth-order valence-corrected chi connectivity index (χ4v) is 6.69. The minimum Gasteiger partial charge on any atom is -0.314 e. The summed E-state index contributed by atoms with van der Waals surface area (Å²) in [5, 5.41) is 1.97. The average molecular weight is 410 g/mol. The van der Waals surface area contributed by atoms with Crippen LogP contribution in [0.15, 0.2) is 73.1 Å². The van der Waals surface area contributed by atoms with Gasteiger partial charge in [0.25, 0.3) is 5.82 Å². The van der Waals surface area contributed by atoms with Gasteiger partial charge in [-0.15, -0.1) is 0 Å². The van der Waals surface area contributed by atoms with E-state index in [-0.39, 0.29) is 0 Å². The predicted octanol–water partition coefficient (Wildman–Crippen LogP) is 4.98. The third kappa shape index (κ3) is 5.70. The largest absolute Gasteiger partial charge is 0.314 e. The maximum absolute atomic E-state index is 13.9. The van der Waals surface area contributed by atoms with Crippen LogP contribution in [0.3, 0.4) is 0 Å². The van der Waals surface area contributed by atoms with Crippen LogP contribution in [0.1, 0.15) is 44.3 Å². The lowest BCUT2D eigenvalue weighted by atomic mass is 10.1. The highest BCUT2D eigenvalue weighted by Crippen LogP contribution is 2.44. The molecule has 0 radical (unpaired) electrons. The van der Waals surface area contributed by atoms with Gasteiger partial charge in [0.15, 0.2) is 0 Å². The number of nitrogens with zero attached hydrogens (tertiary/aromatic N) is 2.